The predicted octanol–water partition coefficient (Wildman–Crippen LogP) is 4.02. The Hall–Kier alpha value is -2.76. The number of methoxy groups -OCH3 is 1. The van der Waals surface area contributed by atoms with Crippen LogP contribution < -0.4 is 19.5 Å². The first-order valence-corrected chi connectivity index (χ1v) is 8.87. The molecule has 0 aromatic heterocycles. The van der Waals surface area contributed by atoms with Gasteiger partial charge in [-0.1, -0.05) is 0 Å². The van der Waals surface area contributed by atoms with Gasteiger partial charge in [0, 0.05) is 18.1 Å². The molecule has 2 unspecified atom stereocenters. The van der Waals surface area contributed by atoms with E-state index in [1.807, 2.05) is 32.0 Å². The lowest BCUT2D eigenvalue weighted by Crippen LogP contribution is -2.44. The van der Waals surface area contributed by atoms with Gasteiger partial charge < -0.3 is 19.5 Å². The van der Waals surface area contributed by atoms with Crippen molar-refractivity contribution in [2.24, 2.45) is 0 Å². The lowest BCUT2D eigenvalue weighted by molar-refractivity contribution is -0.128. The third kappa shape index (κ3) is 4.51. The Morgan fingerprint density at radius 3 is 2.56 bits per heavy atom. The first-order valence-electron chi connectivity index (χ1n) is 8.87. The van der Waals surface area contributed by atoms with Gasteiger partial charge in [-0.15, -0.1) is 0 Å². The van der Waals surface area contributed by atoms with Crippen molar-refractivity contribution in [3.63, 3.8) is 0 Å². The van der Waals surface area contributed by atoms with Crippen molar-refractivity contribution >= 4 is 5.91 Å². The maximum absolute atomic E-state index is 13.0. The van der Waals surface area contributed by atoms with Crippen LogP contribution in [0.1, 0.15) is 38.8 Å². The van der Waals surface area contributed by atoms with Gasteiger partial charge in [0.05, 0.1) is 13.2 Å². The lowest BCUT2D eigenvalue weighted by Gasteiger charge is -2.38. The van der Waals surface area contributed by atoms with Crippen LogP contribution in [-0.4, -0.2) is 24.7 Å². The molecule has 0 bridgehead atoms. The highest BCUT2D eigenvalue weighted by Gasteiger charge is 2.35. The summed E-state index contributed by atoms with van der Waals surface area (Å²) in [5.41, 5.74) is 0.468. The topological polar surface area (TPSA) is 56.8 Å². The first-order chi connectivity index (χ1) is 12.8. The fraction of sp³-hybridized carbons (Fsp3) is 0.381. The van der Waals surface area contributed by atoms with Gasteiger partial charge >= 0.3 is 0 Å². The summed E-state index contributed by atoms with van der Waals surface area (Å²) in [4.78, 5) is 12.7. The highest BCUT2D eigenvalue weighted by molar-refractivity contribution is 5.81. The summed E-state index contributed by atoms with van der Waals surface area (Å²) in [6, 6.07) is 11.0. The number of hydrogen-bond acceptors (Lipinski definition) is 4. The zero-order chi connectivity index (χ0) is 19.6. The standard InChI is InChI=1S/C21H24FNO4/c1-13(26-15-7-5-14(22)6-8-15)20(24)23-18-12-21(2,3)27-19-11-16(25-4)9-10-17(18)19/h5-11,13,18H,12H2,1-4H3,(H,23,24). The molecule has 0 saturated heterocycles. The largest absolute Gasteiger partial charge is 0.497 e. The maximum atomic E-state index is 13.0. The van der Waals surface area contributed by atoms with E-state index in [2.05, 4.69) is 5.32 Å². The van der Waals surface area contributed by atoms with Crippen LogP contribution in [0.4, 0.5) is 4.39 Å². The number of amides is 1. The third-order valence-electron chi connectivity index (χ3n) is 4.49. The van der Waals surface area contributed by atoms with Gasteiger partial charge in [-0.2, -0.15) is 0 Å². The number of ether oxygens (including phenoxy) is 3. The van der Waals surface area contributed by atoms with Crippen molar-refractivity contribution in [3.8, 4) is 17.2 Å². The van der Waals surface area contributed by atoms with E-state index in [4.69, 9.17) is 14.2 Å². The molecule has 0 spiro atoms. The smallest absolute Gasteiger partial charge is 0.261 e. The Balaban J connectivity index is 1.74. The number of carbonyl (C=O) groups is 1. The molecule has 144 valence electrons. The second kappa shape index (κ2) is 7.47. The van der Waals surface area contributed by atoms with Gasteiger partial charge in [-0.25, -0.2) is 4.39 Å². The van der Waals surface area contributed by atoms with Crippen molar-refractivity contribution in [2.75, 3.05) is 7.11 Å². The SMILES string of the molecule is COc1ccc2c(c1)OC(C)(C)CC2NC(=O)C(C)Oc1ccc(F)cc1. The van der Waals surface area contributed by atoms with Crippen LogP contribution in [0, 0.1) is 5.82 Å². The minimum Gasteiger partial charge on any atom is -0.497 e. The van der Waals surface area contributed by atoms with E-state index in [9.17, 15) is 9.18 Å². The third-order valence-corrected chi connectivity index (χ3v) is 4.49. The molecule has 2 aromatic carbocycles. The molecular weight excluding hydrogens is 349 g/mol. The zero-order valence-corrected chi connectivity index (χ0v) is 15.9. The van der Waals surface area contributed by atoms with Crippen molar-refractivity contribution in [1.29, 1.82) is 0 Å². The highest BCUT2D eigenvalue weighted by atomic mass is 19.1. The van der Waals surface area contributed by atoms with Crippen LogP contribution >= 0.6 is 0 Å². The van der Waals surface area contributed by atoms with Crippen molar-refractivity contribution in [2.45, 2.75) is 44.9 Å². The molecule has 1 N–H and O–H groups in total. The average Bonchev–Trinajstić information content (AvgIpc) is 2.62. The molecule has 1 heterocycles. The summed E-state index contributed by atoms with van der Waals surface area (Å²) >= 11 is 0. The van der Waals surface area contributed by atoms with Crippen molar-refractivity contribution in [1.82, 2.24) is 5.32 Å². The van der Waals surface area contributed by atoms with E-state index in [0.717, 1.165) is 5.56 Å². The molecule has 0 saturated carbocycles. The minimum atomic E-state index is -0.719. The summed E-state index contributed by atoms with van der Waals surface area (Å²) in [5.74, 6) is 1.24. The van der Waals surface area contributed by atoms with E-state index >= 15 is 0 Å². The van der Waals surface area contributed by atoms with Gasteiger partial charge in [0.15, 0.2) is 6.10 Å². The Morgan fingerprint density at radius 1 is 1.22 bits per heavy atom. The predicted molar refractivity (Wildman–Crippen MR) is 99.7 cm³/mol. The van der Waals surface area contributed by atoms with E-state index in [-0.39, 0.29) is 17.8 Å². The molecule has 1 amide bonds. The second-order valence-electron chi connectivity index (χ2n) is 7.24. The minimum absolute atomic E-state index is 0.207. The molecular formula is C21H24FNO4. The Kier molecular flexibility index (Phi) is 5.26. The molecule has 0 fully saturated rings. The number of benzene rings is 2. The Bertz CT molecular complexity index is 819. The van der Waals surface area contributed by atoms with Gasteiger partial charge in [-0.3, -0.25) is 4.79 Å². The van der Waals surface area contributed by atoms with E-state index in [1.54, 1.807) is 14.0 Å². The molecule has 1 aliphatic rings. The second-order valence-corrected chi connectivity index (χ2v) is 7.24. The summed E-state index contributed by atoms with van der Waals surface area (Å²) < 4.78 is 29.9. The highest BCUT2D eigenvalue weighted by Crippen LogP contribution is 2.41. The number of carbonyl (C=O) groups excluding carboxylic acids is 1. The van der Waals surface area contributed by atoms with Gasteiger partial charge in [0.1, 0.15) is 28.7 Å². The van der Waals surface area contributed by atoms with E-state index in [0.29, 0.717) is 23.7 Å². The summed E-state index contributed by atoms with van der Waals surface area (Å²) in [6.45, 7) is 5.62. The summed E-state index contributed by atoms with van der Waals surface area (Å²) in [7, 11) is 1.60. The van der Waals surface area contributed by atoms with Crippen LogP contribution in [0.25, 0.3) is 0 Å². The fourth-order valence-electron chi connectivity index (χ4n) is 3.15. The normalized spacial score (nSPS) is 18.6. The van der Waals surface area contributed by atoms with Gasteiger partial charge in [0.2, 0.25) is 0 Å². The molecule has 1 aliphatic heterocycles. The average molecular weight is 373 g/mol. The Labute approximate surface area is 158 Å². The summed E-state index contributed by atoms with van der Waals surface area (Å²) in [6.07, 6.45) is -0.0930. The van der Waals surface area contributed by atoms with Crippen LogP contribution in [0.15, 0.2) is 42.5 Å². The monoisotopic (exact) mass is 373 g/mol. The van der Waals surface area contributed by atoms with Crippen LogP contribution in [0.2, 0.25) is 0 Å². The van der Waals surface area contributed by atoms with E-state index in [1.165, 1.54) is 24.3 Å². The van der Waals surface area contributed by atoms with Crippen molar-refractivity contribution < 1.29 is 23.4 Å². The van der Waals surface area contributed by atoms with Gasteiger partial charge in [-0.05, 0) is 57.2 Å². The molecule has 3 rings (SSSR count). The number of hydrogen-bond donors (Lipinski definition) is 1. The molecule has 0 aliphatic carbocycles. The molecule has 5 nitrogen and oxygen atoms in total. The molecule has 2 aromatic rings. The van der Waals surface area contributed by atoms with Crippen LogP contribution in [0.5, 0.6) is 17.2 Å². The summed E-state index contributed by atoms with van der Waals surface area (Å²) in [5, 5.41) is 3.04. The Morgan fingerprint density at radius 2 is 1.89 bits per heavy atom. The fourth-order valence-corrected chi connectivity index (χ4v) is 3.15. The number of nitrogens with one attached hydrogen (secondary N) is 1. The molecule has 6 heteroatoms. The van der Waals surface area contributed by atoms with E-state index < -0.39 is 11.7 Å². The number of fused-ring (bicyclic) bond motifs is 1. The zero-order valence-electron chi connectivity index (χ0n) is 15.9. The van der Waals surface area contributed by atoms with Crippen LogP contribution in [0.3, 0.4) is 0 Å². The maximum Gasteiger partial charge on any atom is 0.261 e. The number of halogens is 1. The van der Waals surface area contributed by atoms with Crippen LogP contribution in [-0.2, 0) is 4.79 Å². The van der Waals surface area contributed by atoms with Gasteiger partial charge in [0.25, 0.3) is 5.91 Å². The molecule has 0 radical (unpaired) electrons. The first kappa shape index (κ1) is 19.0. The lowest BCUT2D eigenvalue weighted by atomic mass is 9.89. The molecule has 27 heavy (non-hydrogen) atoms. The quantitative estimate of drug-likeness (QED) is 0.860. The van der Waals surface area contributed by atoms with Crippen molar-refractivity contribution in [3.05, 3.63) is 53.8 Å². The number of rotatable bonds is 5. The molecule has 2 atom stereocenters.